The minimum Gasteiger partial charge on any atom is -0.497 e. The SMILES string of the molecule is COc1ccc(CN(C)CC(=O)Nc2cccc(S(=O)(=O)N(C)C)c2)cc1. The van der Waals surface area contributed by atoms with Crippen molar-refractivity contribution in [2.45, 2.75) is 11.4 Å². The lowest BCUT2D eigenvalue weighted by molar-refractivity contribution is -0.117. The standard InChI is InChI=1S/C19H25N3O4S/c1-21(2)27(24,25)18-7-5-6-16(12-18)20-19(23)14-22(3)13-15-8-10-17(26-4)11-9-15/h5-12H,13-14H2,1-4H3,(H,20,23). The highest BCUT2D eigenvalue weighted by Gasteiger charge is 2.17. The van der Waals surface area contributed by atoms with Crippen LogP contribution in [0.2, 0.25) is 0 Å². The molecule has 0 aromatic heterocycles. The van der Waals surface area contributed by atoms with Crippen LogP contribution < -0.4 is 10.1 Å². The van der Waals surface area contributed by atoms with Crippen LogP contribution >= 0.6 is 0 Å². The summed E-state index contributed by atoms with van der Waals surface area (Å²) in [4.78, 5) is 14.3. The van der Waals surface area contributed by atoms with Gasteiger partial charge in [-0.3, -0.25) is 9.69 Å². The second kappa shape index (κ2) is 8.98. The van der Waals surface area contributed by atoms with Crippen LogP contribution in [-0.2, 0) is 21.4 Å². The lowest BCUT2D eigenvalue weighted by Gasteiger charge is -2.17. The van der Waals surface area contributed by atoms with Crippen LogP contribution in [-0.4, -0.2) is 58.3 Å². The molecule has 0 fully saturated rings. The van der Waals surface area contributed by atoms with Crippen LogP contribution in [0.15, 0.2) is 53.4 Å². The molecule has 0 aliphatic rings. The Balaban J connectivity index is 1.96. The number of methoxy groups -OCH3 is 1. The number of nitrogens with one attached hydrogen (secondary N) is 1. The maximum Gasteiger partial charge on any atom is 0.242 e. The molecule has 1 amide bonds. The van der Waals surface area contributed by atoms with Gasteiger partial charge < -0.3 is 10.1 Å². The van der Waals surface area contributed by atoms with Crippen LogP contribution in [0, 0.1) is 0 Å². The Morgan fingerprint density at radius 3 is 2.33 bits per heavy atom. The number of benzene rings is 2. The highest BCUT2D eigenvalue weighted by atomic mass is 32.2. The van der Waals surface area contributed by atoms with E-state index in [1.807, 2.05) is 36.2 Å². The maximum absolute atomic E-state index is 12.3. The number of hydrogen-bond donors (Lipinski definition) is 1. The summed E-state index contributed by atoms with van der Waals surface area (Å²) in [6.45, 7) is 0.781. The van der Waals surface area contributed by atoms with Crippen molar-refractivity contribution in [3.8, 4) is 5.75 Å². The van der Waals surface area contributed by atoms with Gasteiger partial charge in [0.15, 0.2) is 0 Å². The number of ether oxygens (including phenoxy) is 1. The molecule has 0 saturated heterocycles. The van der Waals surface area contributed by atoms with Crippen molar-refractivity contribution in [1.82, 2.24) is 9.21 Å². The zero-order valence-corrected chi connectivity index (χ0v) is 16.8. The lowest BCUT2D eigenvalue weighted by atomic mass is 10.2. The van der Waals surface area contributed by atoms with E-state index in [4.69, 9.17) is 4.74 Å². The summed E-state index contributed by atoms with van der Waals surface area (Å²) in [5.74, 6) is 0.567. The van der Waals surface area contributed by atoms with Gasteiger partial charge in [0.2, 0.25) is 15.9 Å². The Labute approximate surface area is 160 Å². The van der Waals surface area contributed by atoms with Gasteiger partial charge in [-0.1, -0.05) is 18.2 Å². The fourth-order valence-corrected chi connectivity index (χ4v) is 3.44. The number of likely N-dealkylation sites (N-methyl/N-ethyl adjacent to an activating group) is 1. The smallest absolute Gasteiger partial charge is 0.242 e. The predicted molar refractivity (Wildman–Crippen MR) is 105 cm³/mol. The molecule has 2 rings (SSSR count). The van der Waals surface area contributed by atoms with E-state index in [-0.39, 0.29) is 17.3 Å². The molecule has 7 nitrogen and oxygen atoms in total. The predicted octanol–water partition coefficient (Wildman–Crippen LogP) is 2.02. The molecule has 2 aromatic carbocycles. The number of hydrogen-bond acceptors (Lipinski definition) is 5. The molecule has 0 radical (unpaired) electrons. The lowest BCUT2D eigenvalue weighted by Crippen LogP contribution is -2.30. The number of carbonyl (C=O) groups excluding carboxylic acids is 1. The van der Waals surface area contributed by atoms with E-state index in [1.54, 1.807) is 19.2 Å². The van der Waals surface area contributed by atoms with E-state index in [9.17, 15) is 13.2 Å². The van der Waals surface area contributed by atoms with Crippen molar-refractivity contribution in [2.75, 3.05) is 40.1 Å². The van der Waals surface area contributed by atoms with Crippen molar-refractivity contribution in [2.24, 2.45) is 0 Å². The van der Waals surface area contributed by atoms with Crippen LogP contribution in [0.1, 0.15) is 5.56 Å². The quantitative estimate of drug-likeness (QED) is 0.745. The van der Waals surface area contributed by atoms with E-state index in [1.165, 1.54) is 26.2 Å². The second-order valence-corrected chi connectivity index (χ2v) is 8.54. The molecule has 0 aliphatic carbocycles. The highest BCUT2D eigenvalue weighted by molar-refractivity contribution is 7.89. The van der Waals surface area contributed by atoms with Gasteiger partial charge >= 0.3 is 0 Å². The third-order valence-corrected chi connectivity index (χ3v) is 5.73. The Morgan fingerprint density at radius 2 is 1.74 bits per heavy atom. The Hall–Kier alpha value is -2.42. The topological polar surface area (TPSA) is 79.0 Å². The minimum atomic E-state index is -3.54. The molecule has 27 heavy (non-hydrogen) atoms. The van der Waals surface area contributed by atoms with E-state index < -0.39 is 10.0 Å². The second-order valence-electron chi connectivity index (χ2n) is 6.38. The fraction of sp³-hybridized carbons (Fsp3) is 0.316. The van der Waals surface area contributed by atoms with E-state index >= 15 is 0 Å². The molecule has 0 bridgehead atoms. The third kappa shape index (κ3) is 5.78. The number of nitrogens with zero attached hydrogens (tertiary/aromatic N) is 2. The molecule has 0 atom stereocenters. The maximum atomic E-state index is 12.3. The summed E-state index contributed by atoms with van der Waals surface area (Å²) in [6.07, 6.45) is 0. The summed E-state index contributed by atoms with van der Waals surface area (Å²) in [5.41, 5.74) is 1.51. The summed E-state index contributed by atoms with van der Waals surface area (Å²) < 4.78 is 30.7. The number of anilines is 1. The molecule has 1 N–H and O–H groups in total. The first-order valence-corrected chi connectivity index (χ1v) is 9.80. The van der Waals surface area contributed by atoms with Crippen LogP contribution in [0.4, 0.5) is 5.69 Å². The molecular formula is C19H25N3O4S. The Morgan fingerprint density at radius 1 is 1.07 bits per heavy atom. The van der Waals surface area contributed by atoms with Gasteiger partial charge in [-0.25, -0.2) is 12.7 Å². The zero-order chi connectivity index (χ0) is 20.0. The first kappa shape index (κ1) is 20.9. The van der Waals surface area contributed by atoms with Gasteiger partial charge in [-0.15, -0.1) is 0 Å². The third-order valence-electron chi connectivity index (χ3n) is 3.92. The molecule has 0 saturated carbocycles. The van der Waals surface area contributed by atoms with Crippen molar-refractivity contribution in [1.29, 1.82) is 0 Å². The van der Waals surface area contributed by atoms with E-state index in [2.05, 4.69) is 5.32 Å². The van der Waals surface area contributed by atoms with E-state index in [0.717, 1.165) is 15.6 Å². The summed E-state index contributed by atoms with van der Waals surface area (Å²) in [5, 5.41) is 2.74. The normalized spacial score (nSPS) is 11.6. The van der Waals surface area contributed by atoms with Crippen LogP contribution in [0.25, 0.3) is 0 Å². The largest absolute Gasteiger partial charge is 0.497 e. The number of amides is 1. The molecule has 146 valence electrons. The van der Waals surface area contributed by atoms with Crippen molar-refractivity contribution < 1.29 is 17.9 Å². The average Bonchev–Trinajstić information content (AvgIpc) is 2.62. The fourth-order valence-electron chi connectivity index (χ4n) is 2.49. The van der Waals surface area contributed by atoms with Gasteiger partial charge in [-0.05, 0) is 42.9 Å². The van der Waals surface area contributed by atoms with Crippen LogP contribution in [0.5, 0.6) is 5.75 Å². The molecular weight excluding hydrogens is 366 g/mol. The average molecular weight is 391 g/mol. The Kier molecular flexibility index (Phi) is 6.95. The van der Waals surface area contributed by atoms with Gasteiger partial charge in [0, 0.05) is 26.3 Å². The zero-order valence-electron chi connectivity index (χ0n) is 16.0. The van der Waals surface area contributed by atoms with Crippen molar-refractivity contribution >= 4 is 21.6 Å². The van der Waals surface area contributed by atoms with Crippen LogP contribution in [0.3, 0.4) is 0 Å². The van der Waals surface area contributed by atoms with Gasteiger partial charge in [0.25, 0.3) is 0 Å². The van der Waals surface area contributed by atoms with Gasteiger partial charge in [-0.2, -0.15) is 0 Å². The van der Waals surface area contributed by atoms with Crippen molar-refractivity contribution in [3.63, 3.8) is 0 Å². The molecule has 2 aromatic rings. The van der Waals surface area contributed by atoms with Gasteiger partial charge in [0.05, 0.1) is 18.6 Å². The molecule has 0 aliphatic heterocycles. The number of carbonyl (C=O) groups is 1. The molecule has 0 unspecified atom stereocenters. The first-order valence-electron chi connectivity index (χ1n) is 8.36. The van der Waals surface area contributed by atoms with Crippen molar-refractivity contribution in [3.05, 3.63) is 54.1 Å². The first-order chi connectivity index (χ1) is 12.7. The number of rotatable bonds is 8. The Bertz CT molecular complexity index is 880. The molecule has 8 heteroatoms. The summed E-state index contributed by atoms with van der Waals surface area (Å²) in [6, 6.07) is 13.9. The highest BCUT2D eigenvalue weighted by Crippen LogP contribution is 2.18. The minimum absolute atomic E-state index is 0.136. The summed E-state index contributed by atoms with van der Waals surface area (Å²) >= 11 is 0. The van der Waals surface area contributed by atoms with E-state index in [0.29, 0.717) is 12.2 Å². The molecule has 0 heterocycles. The molecule has 0 spiro atoms. The van der Waals surface area contributed by atoms with Gasteiger partial charge in [0.1, 0.15) is 5.75 Å². The monoisotopic (exact) mass is 391 g/mol. The summed E-state index contributed by atoms with van der Waals surface area (Å²) in [7, 11) is 2.85. The number of sulfonamides is 1.